The van der Waals surface area contributed by atoms with E-state index < -0.39 is 11.6 Å². The van der Waals surface area contributed by atoms with Crippen LogP contribution < -0.4 is 4.74 Å². The maximum Gasteiger partial charge on any atom is 0.170 e. The van der Waals surface area contributed by atoms with Crippen LogP contribution in [0.25, 0.3) is 11.4 Å². The Morgan fingerprint density at radius 1 is 0.710 bits per heavy atom. The summed E-state index contributed by atoms with van der Waals surface area (Å²) in [5.41, 5.74) is 0.512. The van der Waals surface area contributed by atoms with Crippen molar-refractivity contribution in [3.05, 3.63) is 41.7 Å². The third-order valence-electron chi connectivity index (χ3n) is 5.60. The molecule has 0 saturated carbocycles. The van der Waals surface area contributed by atoms with Gasteiger partial charge in [-0.25, -0.2) is 18.7 Å². The van der Waals surface area contributed by atoms with Gasteiger partial charge in [0.1, 0.15) is 0 Å². The first-order valence-electron chi connectivity index (χ1n) is 12.1. The van der Waals surface area contributed by atoms with Crippen molar-refractivity contribution in [3.8, 4) is 17.1 Å². The molecule has 172 valence electrons. The van der Waals surface area contributed by atoms with Gasteiger partial charge in [0, 0.05) is 0 Å². The predicted molar refractivity (Wildman–Crippen MR) is 123 cm³/mol. The normalized spacial score (nSPS) is 11.1. The number of ether oxygens (including phenoxy) is 1. The number of hydrogen-bond donors (Lipinski definition) is 0. The van der Waals surface area contributed by atoms with Gasteiger partial charge >= 0.3 is 0 Å². The Balaban J connectivity index is 1.81. The SMILES string of the molecule is CCCCCCCCCOc1cnc(-c2ccc(CCCCCCC)c(F)c2F)nc1. The molecule has 0 N–H and O–H groups in total. The number of hydrogen-bond acceptors (Lipinski definition) is 3. The van der Waals surface area contributed by atoms with Gasteiger partial charge in [0.25, 0.3) is 0 Å². The molecule has 31 heavy (non-hydrogen) atoms. The molecule has 0 atom stereocenters. The molecule has 5 heteroatoms. The molecular formula is C26H38F2N2O. The van der Waals surface area contributed by atoms with Gasteiger partial charge in [0.2, 0.25) is 0 Å². The van der Waals surface area contributed by atoms with Crippen molar-refractivity contribution in [2.45, 2.75) is 97.3 Å². The van der Waals surface area contributed by atoms with Gasteiger partial charge in [-0.3, -0.25) is 0 Å². The lowest BCUT2D eigenvalue weighted by atomic mass is 10.0. The van der Waals surface area contributed by atoms with Crippen LogP contribution in [0.5, 0.6) is 5.75 Å². The van der Waals surface area contributed by atoms with Crippen LogP contribution >= 0.6 is 0 Å². The maximum absolute atomic E-state index is 14.6. The van der Waals surface area contributed by atoms with Crippen molar-refractivity contribution in [1.82, 2.24) is 9.97 Å². The van der Waals surface area contributed by atoms with Gasteiger partial charge < -0.3 is 4.74 Å². The minimum atomic E-state index is -0.872. The standard InChI is InChI=1S/C26H38F2N2O/c1-3-5-7-9-10-12-14-18-31-22-19-29-26(30-20-22)23-17-16-21(24(27)25(23)28)15-13-11-8-6-4-2/h16-17,19-20H,3-15,18H2,1-2H3. The van der Waals surface area contributed by atoms with Gasteiger partial charge in [-0.05, 0) is 30.9 Å². The predicted octanol–water partition coefficient (Wildman–Crippen LogP) is 8.06. The first-order valence-corrected chi connectivity index (χ1v) is 12.1. The van der Waals surface area contributed by atoms with Gasteiger partial charge in [-0.15, -0.1) is 0 Å². The van der Waals surface area contributed by atoms with Gasteiger partial charge in [-0.2, -0.15) is 0 Å². The number of unbranched alkanes of at least 4 members (excludes halogenated alkanes) is 10. The number of benzene rings is 1. The fourth-order valence-electron chi connectivity index (χ4n) is 3.65. The molecule has 0 aliphatic heterocycles. The van der Waals surface area contributed by atoms with E-state index in [9.17, 15) is 8.78 Å². The Morgan fingerprint density at radius 2 is 1.29 bits per heavy atom. The van der Waals surface area contributed by atoms with Gasteiger partial charge in [0.15, 0.2) is 23.2 Å². The quantitative estimate of drug-likeness (QED) is 0.252. The van der Waals surface area contributed by atoms with Crippen LogP contribution in [0.15, 0.2) is 24.5 Å². The smallest absolute Gasteiger partial charge is 0.170 e. The van der Waals surface area contributed by atoms with Crippen molar-refractivity contribution in [3.63, 3.8) is 0 Å². The topological polar surface area (TPSA) is 35.0 Å². The van der Waals surface area contributed by atoms with E-state index in [2.05, 4.69) is 23.8 Å². The lowest BCUT2D eigenvalue weighted by Gasteiger charge is -2.09. The third kappa shape index (κ3) is 8.92. The number of halogens is 2. The molecule has 0 amide bonds. The second-order valence-corrected chi connectivity index (χ2v) is 8.28. The van der Waals surface area contributed by atoms with Crippen LogP contribution in [0.3, 0.4) is 0 Å². The molecule has 2 rings (SSSR count). The van der Waals surface area contributed by atoms with E-state index in [1.165, 1.54) is 57.3 Å². The summed E-state index contributed by atoms with van der Waals surface area (Å²) in [5, 5.41) is 0. The summed E-state index contributed by atoms with van der Waals surface area (Å²) >= 11 is 0. The average molecular weight is 433 g/mol. The Labute approximate surface area is 186 Å². The molecule has 1 heterocycles. The zero-order chi connectivity index (χ0) is 22.3. The number of aryl methyl sites for hydroxylation is 1. The minimum Gasteiger partial charge on any atom is -0.490 e. The van der Waals surface area contributed by atoms with E-state index >= 15 is 0 Å². The van der Waals surface area contributed by atoms with E-state index in [1.807, 2.05) is 0 Å². The van der Waals surface area contributed by atoms with Crippen LogP contribution in [-0.2, 0) is 6.42 Å². The summed E-state index contributed by atoms with van der Waals surface area (Å²) in [6, 6.07) is 3.23. The zero-order valence-electron chi connectivity index (χ0n) is 19.3. The summed E-state index contributed by atoms with van der Waals surface area (Å²) < 4.78 is 34.8. The first-order chi connectivity index (χ1) is 15.2. The van der Waals surface area contributed by atoms with Crippen LogP contribution in [0.4, 0.5) is 8.78 Å². The zero-order valence-corrected chi connectivity index (χ0v) is 19.3. The Hall–Kier alpha value is -2.04. The largest absolute Gasteiger partial charge is 0.490 e. The summed E-state index contributed by atoms with van der Waals surface area (Å²) in [6.45, 7) is 5.00. The van der Waals surface area contributed by atoms with Crippen molar-refractivity contribution >= 4 is 0 Å². The highest BCUT2D eigenvalue weighted by molar-refractivity contribution is 5.57. The van der Waals surface area contributed by atoms with Crippen LogP contribution in [0.2, 0.25) is 0 Å². The second kappa shape index (κ2) is 14.9. The van der Waals surface area contributed by atoms with Crippen molar-refractivity contribution in [1.29, 1.82) is 0 Å². The molecule has 0 aliphatic carbocycles. The molecule has 2 aromatic rings. The highest BCUT2D eigenvalue weighted by atomic mass is 19.2. The molecule has 1 aromatic heterocycles. The average Bonchev–Trinajstić information content (AvgIpc) is 2.79. The fourth-order valence-corrected chi connectivity index (χ4v) is 3.65. The summed E-state index contributed by atoms with van der Waals surface area (Å²) in [7, 11) is 0. The number of rotatable bonds is 16. The maximum atomic E-state index is 14.6. The molecule has 0 bridgehead atoms. The van der Waals surface area contributed by atoms with E-state index in [0.717, 1.165) is 32.1 Å². The molecule has 0 fully saturated rings. The fraction of sp³-hybridized carbons (Fsp3) is 0.615. The Kier molecular flexibility index (Phi) is 12.1. The minimum absolute atomic E-state index is 0.0888. The van der Waals surface area contributed by atoms with E-state index in [1.54, 1.807) is 12.1 Å². The molecule has 0 aliphatic rings. The van der Waals surface area contributed by atoms with E-state index in [4.69, 9.17) is 4.74 Å². The molecule has 0 saturated heterocycles. The van der Waals surface area contributed by atoms with Gasteiger partial charge in [-0.1, -0.05) is 84.1 Å². The highest BCUT2D eigenvalue weighted by Gasteiger charge is 2.16. The molecule has 0 spiro atoms. The van der Waals surface area contributed by atoms with E-state index in [-0.39, 0.29) is 11.4 Å². The Morgan fingerprint density at radius 3 is 1.94 bits per heavy atom. The second-order valence-electron chi connectivity index (χ2n) is 8.28. The Bertz CT molecular complexity index is 750. The third-order valence-corrected chi connectivity index (χ3v) is 5.60. The summed E-state index contributed by atoms with van der Waals surface area (Å²) in [4.78, 5) is 8.36. The number of nitrogens with zero attached hydrogens (tertiary/aromatic N) is 2. The number of aromatic nitrogens is 2. The molecule has 0 unspecified atom stereocenters. The summed E-state index contributed by atoms with van der Waals surface area (Å²) in [6.07, 6.45) is 17.6. The molecule has 3 nitrogen and oxygen atoms in total. The molecular weight excluding hydrogens is 394 g/mol. The van der Waals surface area contributed by atoms with Crippen molar-refractivity contribution < 1.29 is 13.5 Å². The highest BCUT2D eigenvalue weighted by Crippen LogP contribution is 2.25. The molecule has 1 aromatic carbocycles. The van der Waals surface area contributed by atoms with Gasteiger partial charge in [0.05, 0.1) is 24.6 Å². The monoisotopic (exact) mass is 432 g/mol. The first kappa shape index (κ1) is 25.2. The summed E-state index contributed by atoms with van der Waals surface area (Å²) in [5.74, 6) is -0.924. The van der Waals surface area contributed by atoms with Crippen LogP contribution in [0.1, 0.15) is 96.5 Å². The van der Waals surface area contributed by atoms with Crippen LogP contribution in [-0.4, -0.2) is 16.6 Å². The van der Waals surface area contributed by atoms with E-state index in [0.29, 0.717) is 24.3 Å². The molecule has 0 radical (unpaired) electrons. The van der Waals surface area contributed by atoms with Crippen molar-refractivity contribution in [2.24, 2.45) is 0 Å². The lowest BCUT2D eigenvalue weighted by molar-refractivity contribution is 0.302. The van der Waals surface area contributed by atoms with Crippen molar-refractivity contribution in [2.75, 3.05) is 6.61 Å². The van der Waals surface area contributed by atoms with Crippen LogP contribution in [0, 0.1) is 11.6 Å². The lowest BCUT2D eigenvalue weighted by Crippen LogP contribution is -2.01.